The summed E-state index contributed by atoms with van der Waals surface area (Å²) < 4.78 is 9.58. The third-order valence-corrected chi connectivity index (χ3v) is 2.27. The van der Waals surface area contributed by atoms with E-state index in [0.29, 0.717) is 16.9 Å². The molecule has 5 heteroatoms. The smallest absolute Gasteiger partial charge is 0.330 e. The van der Waals surface area contributed by atoms with Gasteiger partial charge in [-0.3, -0.25) is 4.79 Å². The Labute approximate surface area is 105 Å². The minimum Gasteiger partial charge on any atom is -0.497 e. The Morgan fingerprint density at radius 1 is 1.22 bits per heavy atom. The number of methoxy groups -OCH3 is 2. The highest BCUT2D eigenvalue weighted by atomic mass is 16.5. The number of ether oxygens (including phenoxy) is 2. The summed E-state index contributed by atoms with van der Waals surface area (Å²) in [6.45, 7) is 0. The molecule has 0 aromatic heterocycles. The molecule has 0 unspecified atom stereocenters. The average Bonchev–Trinajstić information content (AvgIpc) is 2.43. The number of hydrogen-bond acceptors (Lipinski definition) is 4. The zero-order valence-electron chi connectivity index (χ0n) is 10.5. The van der Waals surface area contributed by atoms with Crippen LogP contribution in [-0.4, -0.2) is 33.1 Å². The van der Waals surface area contributed by atoms with Gasteiger partial charge in [0.2, 0.25) is 0 Å². The van der Waals surface area contributed by atoms with Crippen LogP contribution in [-0.2, 0) is 9.53 Å². The number of carbonyl (C=O) groups is 2. The van der Waals surface area contributed by atoms with Crippen LogP contribution >= 0.6 is 0 Å². The molecule has 18 heavy (non-hydrogen) atoms. The molecule has 1 amide bonds. The summed E-state index contributed by atoms with van der Waals surface area (Å²) in [5, 5.41) is 2.53. The van der Waals surface area contributed by atoms with Crippen molar-refractivity contribution < 1.29 is 19.1 Å². The fourth-order valence-corrected chi connectivity index (χ4v) is 1.34. The van der Waals surface area contributed by atoms with E-state index < -0.39 is 5.97 Å². The summed E-state index contributed by atoms with van der Waals surface area (Å²) in [4.78, 5) is 22.5. The van der Waals surface area contributed by atoms with Crippen molar-refractivity contribution in [3.63, 3.8) is 0 Å². The molecule has 96 valence electrons. The highest BCUT2D eigenvalue weighted by Crippen LogP contribution is 2.18. The highest BCUT2D eigenvalue weighted by molar-refractivity contribution is 5.95. The van der Waals surface area contributed by atoms with E-state index >= 15 is 0 Å². The number of esters is 1. The third-order valence-electron chi connectivity index (χ3n) is 2.27. The highest BCUT2D eigenvalue weighted by Gasteiger charge is 2.06. The summed E-state index contributed by atoms with van der Waals surface area (Å²) in [7, 11) is 4.36. The number of amides is 1. The van der Waals surface area contributed by atoms with Crippen LogP contribution in [0.25, 0.3) is 6.08 Å². The first-order chi connectivity index (χ1) is 8.60. The summed E-state index contributed by atoms with van der Waals surface area (Å²) in [5.74, 6) is -0.137. The van der Waals surface area contributed by atoms with Crippen LogP contribution in [0.4, 0.5) is 0 Å². The molecule has 0 aliphatic carbocycles. The fraction of sp³-hybridized carbons (Fsp3) is 0.231. The molecule has 0 bridgehead atoms. The molecule has 1 rings (SSSR count). The molecule has 0 saturated heterocycles. The Bertz CT molecular complexity index is 480. The molecule has 1 N–H and O–H groups in total. The van der Waals surface area contributed by atoms with Gasteiger partial charge in [-0.25, -0.2) is 4.79 Å². The van der Waals surface area contributed by atoms with Gasteiger partial charge in [-0.1, -0.05) is 0 Å². The molecule has 0 fully saturated rings. The van der Waals surface area contributed by atoms with Gasteiger partial charge < -0.3 is 14.8 Å². The molecule has 5 nitrogen and oxygen atoms in total. The third kappa shape index (κ3) is 3.62. The van der Waals surface area contributed by atoms with Crippen molar-refractivity contribution >= 4 is 18.0 Å². The lowest BCUT2D eigenvalue weighted by atomic mass is 10.1. The largest absolute Gasteiger partial charge is 0.497 e. The van der Waals surface area contributed by atoms with E-state index in [4.69, 9.17) is 4.74 Å². The van der Waals surface area contributed by atoms with E-state index in [9.17, 15) is 9.59 Å². The lowest BCUT2D eigenvalue weighted by molar-refractivity contribution is -0.134. The zero-order chi connectivity index (χ0) is 13.5. The van der Waals surface area contributed by atoms with Gasteiger partial charge in [0.1, 0.15) is 5.75 Å². The first kappa shape index (κ1) is 13.8. The van der Waals surface area contributed by atoms with Gasteiger partial charge in [0.15, 0.2) is 0 Å². The van der Waals surface area contributed by atoms with E-state index in [0.717, 1.165) is 0 Å². The van der Waals surface area contributed by atoms with Crippen molar-refractivity contribution in [1.82, 2.24) is 5.32 Å². The topological polar surface area (TPSA) is 64.6 Å². The SMILES string of the molecule is CNC(=O)c1cc(/C=C/C(=O)OC)cc(OC)c1. The molecule has 0 aliphatic rings. The minimum atomic E-state index is -0.459. The van der Waals surface area contributed by atoms with Crippen LogP contribution in [0.2, 0.25) is 0 Å². The number of hydrogen-bond donors (Lipinski definition) is 1. The second-order valence-corrected chi connectivity index (χ2v) is 3.43. The quantitative estimate of drug-likeness (QED) is 0.644. The van der Waals surface area contributed by atoms with Crippen molar-refractivity contribution in [3.05, 3.63) is 35.4 Å². The van der Waals surface area contributed by atoms with Crippen molar-refractivity contribution in [3.8, 4) is 5.75 Å². The van der Waals surface area contributed by atoms with Gasteiger partial charge in [0, 0.05) is 18.7 Å². The molecule has 0 heterocycles. The Kier molecular flexibility index (Phi) is 4.92. The van der Waals surface area contributed by atoms with E-state index in [-0.39, 0.29) is 5.91 Å². The van der Waals surface area contributed by atoms with Crippen LogP contribution < -0.4 is 10.1 Å². The first-order valence-electron chi connectivity index (χ1n) is 5.28. The van der Waals surface area contributed by atoms with Crippen LogP contribution in [0.1, 0.15) is 15.9 Å². The summed E-state index contributed by atoms with van der Waals surface area (Å²) in [6.07, 6.45) is 2.84. The lowest BCUT2D eigenvalue weighted by Gasteiger charge is -2.05. The van der Waals surface area contributed by atoms with Gasteiger partial charge in [-0.2, -0.15) is 0 Å². The van der Waals surface area contributed by atoms with Gasteiger partial charge in [-0.05, 0) is 29.8 Å². The minimum absolute atomic E-state index is 0.221. The van der Waals surface area contributed by atoms with Crippen molar-refractivity contribution in [1.29, 1.82) is 0 Å². The molecule has 1 aromatic carbocycles. The molecule has 0 atom stereocenters. The normalized spacial score (nSPS) is 10.2. The Balaban J connectivity index is 3.08. The predicted octanol–water partition coefficient (Wildman–Crippen LogP) is 1.24. The molecule has 0 saturated carbocycles. The van der Waals surface area contributed by atoms with Gasteiger partial charge in [-0.15, -0.1) is 0 Å². The maximum absolute atomic E-state index is 11.5. The molecule has 0 radical (unpaired) electrons. The summed E-state index contributed by atoms with van der Waals surface area (Å²) >= 11 is 0. The van der Waals surface area contributed by atoms with Gasteiger partial charge in [0.05, 0.1) is 14.2 Å². The van der Waals surface area contributed by atoms with Crippen LogP contribution in [0.5, 0.6) is 5.75 Å². The van der Waals surface area contributed by atoms with E-state index in [1.54, 1.807) is 31.3 Å². The van der Waals surface area contributed by atoms with Crippen LogP contribution in [0.3, 0.4) is 0 Å². The molecule has 0 spiro atoms. The van der Waals surface area contributed by atoms with E-state index in [1.807, 2.05) is 0 Å². The van der Waals surface area contributed by atoms with Crippen molar-refractivity contribution in [2.45, 2.75) is 0 Å². The standard InChI is InChI=1S/C13H15NO4/c1-14-13(16)10-6-9(4-5-12(15)18-3)7-11(8-10)17-2/h4-8H,1-3H3,(H,14,16)/b5-4+. The van der Waals surface area contributed by atoms with Gasteiger partial charge >= 0.3 is 5.97 Å². The monoisotopic (exact) mass is 249 g/mol. The average molecular weight is 249 g/mol. The van der Waals surface area contributed by atoms with Crippen LogP contribution in [0, 0.1) is 0 Å². The number of nitrogens with one attached hydrogen (secondary N) is 1. The zero-order valence-corrected chi connectivity index (χ0v) is 10.5. The van der Waals surface area contributed by atoms with Crippen molar-refractivity contribution in [2.24, 2.45) is 0 Å². The number of rotatable bonds is 4. The predicted molar refractivity (Wildman–Crippen MR) is 67.4 cm³/mol. The first-order valence-corrected chi connectivity index (χ1v) is 5.28. The maximum atomic E-state index is 11.5. The molecule has 1 aromatic rings. The summed E-state index contributed by atoms with van der Waals surface area (Å²) in [6, 6.07) is 4.99. The number of benzene rings is 1. The molecule has 0 aliphatic heterocycles. The second-order valence-electron chi connectivity index (χ2n) is 3.43. The fourth-order valence-electron chi connectivity index (χ4n) is 1.34. The van der Waals surface area contributed by atoms with Gasteiger partial charge in [0.25, 0.3) is 5.91 Å². The summed E-state index contributed by atoms with van der Waals surface area (Å²) in [5.41, 5.74) is 1.14. The maximum Gasteiger partial charge on any atom is 0.330 e. The number of carbonyl (C=O) groups excluding carboxylic acids is 2. The Hall–Kier alpha value is -2.30. The molecular weight excluding hydrogens is 234 g/mol. The molecular formula is C13H15NO4. The van der Waals surface area contributed by atoms with E-state index in [1.165, 1.54) is 20.3 Å². The second kappa shape index (κ2) is 6.44. The Morgan fingerprint density at radius 2 is 1.94 bits per heavy atom. The Morgan fingerprint density at radius 3 is 2.50 bits per heavy atom. The van der Waals surface area contributed by atoms with Crippen molar-refractivity contribution in [2.75, 3.05) is 21.3 Å². The van der Waals surface area contributed by atoms with E-state index in [2.05, 4.69) is 10.1 Å². The van der Waals surface area contributed by atoms with Crippen LogP contribution in [0.15, 0.2) is 24.3 Å². The lowest BCUT2D eigenvalue weighted by Crippen LogP contribution is -2.17.